The number of alkyl halides is 3. The summed E-state index contributed by atoms with van der Waals surface area (Å²) in [4.78, 5) is 13.2. The summed E-state index contributed by atoms with van der Waals surface area (Å²) in [6, 6.07) is 9.47. The minimum atomic E-state index is -4.71. The third kappa shape index (κ3) is 6.64. The molecule has 0 bridgehead atoms. The van der Waals surface area contributed by atoms with Gasteiger partial charge in [0.2, 0.25) is 10.0 Å². The first kappa shape index (κ1) is 24.0. The van der Waals surface area contributed by atoms with Gasteiger partial charge in [0.1, 0.15) is 6.54 Å². The van der Waals surface area contributed by atoms with Crippen molar-refractivity contribution in [2.24, 2.45) is 5.10 Å². The summed E-state index contributed by atoms with van der Waals surface area (Å²) in [6.45, 7) is -0.803. The number of carbonyl (C=O) groups is 1. The van der Waals surface area contributed by atoms with Crippen LogP contribution >= 0.6 is 23.4 Å². The van der Waals surface area contributed by atoms with Gasteiger partial charge in [0.15, 0.2) is 0 Å². The topological polar surface area (TPSA) is 78.8 Å². The average molecular weight is 480 g/mol. The average Bonchev–Trinajstić information content (AvgIpc) is 2.65. The van der Waals surface area contributed by atoms with Crippen LogP contribution in [0.5, 0.6) is 0 Å². The summed E-state index contributed by atoms with van der Waals surface area (Å²) in [6.07, 6.45) is -0.675. The molecule has 1 N–H and O–H groups in total. The number of nitrogens with zero attached hydrogens (tertiary/aromatic N) is 2. The van der Waals surface area contributed by atoms with E-state index in [-0.39, 0.29) is 5.02 Å². The third-order valence-electron chi connectivity index (χ3n) is 3.75. The molecule has 0 saturated heterocycles. The lowest BCUT2D eigenvalue weighted by Gasteiger charge is -2.23. The van der Waals surface area contributed by atoms with Crippen LogP contribution in [0.3, 0.4) is 0 Å². The fourth-order valence-corrected chi connectivity index (χ4v) is 3.83. The predicted molar refractivity (Wildman–Crippen MR) is 113 cm³/mol. The van der Waals surface area contributed by atoms with Crippen molar-refractivity contribution in [3.63, 3.8) is 0 Å². The highest BCUT2D eigenvalue weighted by Gasteiger charge is 2.33. The highest BCUT2D eigenvalue weighted by molar-refractivity contribution is 7.98. The zero-order valence-corrected chi connectivity index (χ0v) is 18.2. The van der Waals surface area contributed by atoms with E-state index in [9.17, 15) is 26.4 Å². The van der Waals surface area contributed by atoms with Gasteiger partial charge in [0, 0.05) is 4.90 Å². The molecule has 0 fully saturated rings. The van der Waals surface area contributed by atoms with Gasteiger partial charge in [0.25, 0.3) is 5.91 Å². The zero-order chi connectivity index (χ0) is 22.5. The Kier molecular flexibility index (Phi) is 7.78. The summed E-state index contributed by atoms with van der Waals surface area (Å²) in [5.41, 5.74) is 1.29. The molecule has 30 heavy (non-hydrogen) atoms. The first-order valence-electron chi connectivity index (χ1n) is 8.22. The van der Waals surface area contributed by atoms with Crippen molar-refractivity contribution in [1.29, 1.82) is 0 Å². The minimum absolute atomic E-state index is 0.251. The number of amides is 1. The van der Waals surface area contributed by atoms with Gasteiger partial charge < -0.3 is 0 Å². The van der Waals surface area contributed by atoms with Crippen molar-refractivity contribution in [2.45, 2.75) is 11.1 Å². The van der Waals surface area contributed by atoms with Crippen LogP contribution in [-0.4, -0.2) is 39.6 Å². The van der Waals surface area contributed by atoms with Gasteiger partial charge in [-0.25, -0.2) is 13.8 Å². The Balaban J connectivity index is 2.19. The molecule has 2 aromatic carbocycles. The third-order valence-corrected chi connectivity index (χ3v) is 5.94. The van der Waals surface area contributed by atoms with Crippen LogP contribution in [-0.2, 0) is 21.0 Å². The molecule has 1 amide bonds. The normalized spacial score (nSPS) is 12.2. The standard InChI is InChI=1S/C18H17ClF3N3O3S2/c1-29-14-6-3-12(4-7-14)10-23-24-17(26)11-25(30(2,27)28)16-9-13(18(20,21)22)5-8-15(16)19/h3-10H,11H2,1-2H3,(H,24,26). The van der Waals surface area contributed by atoms with Crippen LogP contribution in [0.25, 0.3) is 0 Å². The van der Waals surface area contributed by atoms with E-state index in [1.165, 1.54) is 6.21 Å². The van der Waals surface area contributed by atoms with Gasteiger partial charge in [-0.15, -0.1) is 11.8 Å². The van der Waals surface area contributed by atoms with E-state index in [0.717, 1.165) is 23.3 Å². The number of benzene rings is 2. The van der Waals surface area contributed by atoms with E-state index in [0.29, 0.717) is 15.9 Å². The molecule has 0 saturated carbocycles. The lowest BCUT2D eigenvalue weighted by atomic mass is 10.2. The van der Waals surface area contributed by atoms with Crippen molar-refractivity contribution < 1.29 is 26.4 Å². The summed E-state index contributed by atoms with van der Waals surface area (Å²) in [5, 5.41) is 3.49. The van der Waals surface area contributed by atoms with E-state index in [2.05, 4.69) is 10.5 Å². The number of rotatable bonds is 7. The number of anilines is 1. The van der Waals surface area contributed by atoms with Gasteiger partial charge in [-0.1, -0.05) is 23.7 Å². The van der Waals surface area contributed by atoms with Gasteiger partial charge >= 0.3 is 6.18 Å². The molecule has 0 aromatic heterocycles. The molecule has 0 aliphatic carbocycles. The monoisotopic (exact) mass is 479 g/mol. The van der Waals surface area contributed by atoms with Crippen LogP contribution in [0.1, 0.15) is 11.1 Å². The molecule has 2 aromatic rings. The number of sulfonamides is 1. The van der Waals surface area contributed by atoms with Gasteiger partial charge in [-0.3, -0.25) is 9.10 Å². The number of hydrogen-bond donors (Lipinski definition) is 1. The molecular weight excluding hydrogens is 463 g/mol. The van der Waals surface area contributed by atoms with E-state index >= 15 is 0 Å². The first-order valence-corrected chi connectivity index (χ1v) is 11.7. The quantitative estimate of drug-likeness (QED) is 0.370. The minimum Gasteiger partial charge on any atom is -0.271 e. The second kappa shape index (κ2) is 9.71. The van der Waals surface area contributed by atoms with E-state index < -0.39 is 39.9 Å². The maximum Gasteiger partial charge on any atom is 0.416 e. The summed E-state index contributed by atoms with van der Waals surface area (Å²) in [5.74, 6) is -0.856. The van der Waals surface area contributed by atoms with Crippen LogP contribution in [0, 0.1) is 0 Å². The molecule has 2 rings (SSSR count). The number of hydrogen-bond acceptors (Lipinski definition) is 5. The summed E-state index contributed by atoms with van der Waals surface area (Å²) < 4.78 is 63.7. The predicted octanol–water partition coefficient (Wildman–Crippen LogP) is 4.00. The number of thioether (sulfide) groups is 1. The Morgan fingerprint density at radius 3 is 2.40 bits per heavy atom. The number of nitrogens with one attached hydrogen (secondary N) is 1. The lowest BCUT2D eigenvalue weighted by Crippen LogP contribution is -2.39. The summed E-state index contributed by atoms with van der Waals surface area (Å²) in [7, 11) is -4.12. The van der Waals surface area contributed by atoms with Crippen molar-refractivity contribution >= 4 is 51.2 Å². The Hall–Kier alpha value is -2.24. The van der Waals surface area contributed by atoms with Crippen molar-refractivity contribution in [2.75, 3.05) is 23.4 Å². The number of carbonyl (C=O) groups excluding carboxylic acids is 1. The van der Waals surface area contributed by atoms with E-state index in [4.69, 9.17) is 11.6 Å². The molecule has 0 atom stereocenters. The molecule has 0 aliphatic heterocycles. The van der Waals surface area contributed by atoms with Crippen LogP contribution < -0.4 is 9.73 Å². The zero-order valence-electron chi connectivity index (χ0n) is 15.8. The molecule has 0 unspecified atom stereocenters. The first-order chi connectivity index (χ1) is 13.9. The van der Waals surface area contributed by atoms with Crippen molar-refractivity contribution in [3.8, 4) is 0 Å². The Morgan fingerprint density at radius 1 is 1.23 bits per heavy atom. The molecule has 0 aliphatic rings. The SMILES string of the molecule is CSc1ccc(C=NNC(=O)CN(c2cc(C(F)(F)F)ccc2Cl)S(C)(=O)=O)cc1. The second-order valence-corrected chi connectivity index (χ2v) is 9.19. The smallest absolute Gasteiger partial charge is 0.271 e. The highest BCUT2D eigenvalue weighted by atomic mass is 35.5. The molecule has 12 heteroatoms. The van der Waals surface area contributed by atoms with Gasteiger partial charge in [-0.2, -0.15) is 18.3 Å². The molecule has 162 valence electrons. The van der Waals surface area contributed by atoms with Crippen molar-refractivity contribution in [3.05, 3.63) is 58.6 Å². The second-order valence-electron chi connectivity index (χ2n) is 6.00. The Morgan fingerprint density at radius 2 is 1.87 bits per heavy atom. The van der Waals surface area contributed by atoms with E-state index in [1.54, 1.807) is 23.9 Å². The largest absolute Gasteiger partial charge is 0.416 e. The van der Waals surface area contributed by atoms with Gasteiger partial charge in [-0.05, 0) is 42.2 Å². The fourth-order valence-electron chi connectivity index (χ4n) is 2.30. The number of halogens is 4. The molecule has 0 heterocycles. The van der Waals surface area contributed by atoms with Crippen LogP contribution in [0.2, 0.25) is 5.02 Å². The van der Waals surface area contributed by atoms with E-state index in [1.807, 2.05) is 18.4 Å². The fraction of sp³-hybridized carbons (Fsp3) is 0.222. The van der Waals surface area contributed by atoms with Crippen LogP contribution in [0.4, 0.5) is 18.9 Å². The summed E-state index contributed by atoms with van der Waals surface area (Å²) >= 11 is 7.46. The van der Waals surface area contributed by atoms with Crippen molar-refractivity contribution in [1.82, 2.24) is 5.43 Å². The molecular formula is C18H17ClF3N3O3S2. The van der Waals surface area contributed by atoms with Crippen LogP contribution in [0.15, 0.2) is 52.5 Å². The maximum atomic E-state index is 13.0. The number of hydrazone groups is 1. The Labute approximate surface area is 181 Å². The van der Waals surface area contributed by atoms with Gasteiger partial charge in [0.05, 0.1) is 28.7 Å². The molecule has 0 spiro atoms. The Bertz CT molecular complexity index is 1040. The lowest BCUT2D eigenvalue weighted by molar-refractivity contribution is -0.137. The molecule has 6 nitrogen and oxygen atoms in total. The maximum absolute atomic E-state index is 13.0. The molecule has 0 radical (unpaired) electrons. The highest BCUT2D eigenvalue weighted by Crippen LogP contribution is 2.36.